The van der Waals surface area contributed by atoms with Crippen molar-refractivity contribution in [2.24, 2.45) is 5.92 Å². The molecule has 5 heteroatoms. The Balaban J connectivity index is 2.28. The molecule has 0 bridgehead atoms. The molecule has 104 valence electrons. The predicted octanol–water partition coefficient (Wildman–Crippen LogP) is 1.13. The van der Waals surface area contributed by atoms with Gasteiger partial charge in [-0.25, -0.2) is 0 Å². The van der Waals surface area contributed by atoms with Crippen LogP contribution in [-0.2, 0) is 9.59 Å². The van der Waals surface area contributed by atoms with E-state index in [1.807, 2.05) is 13.8 Å². The number of carbonyl (C=O) groups excluding carboxylic acids is 1. The molecule has 0 aromatic heterocycles. The number of rotatable bonds is 7. The summed E-state index contributed by atoms with van der Waals surface area (Å²) >= 11 is 0. The van der Waals surface area contributed by atoms with Gasteiger partial charge in [0, 0.05) is 12.1 Å². The highest BCUT2D eigenvalue weighted by atomic mass is 16.4. The second-order valence-corrected chi connectivity index (χ2v) is 5.38. The van der Waals surface area contributed by atoms with Gasteiger partial charge < -0.3 is 15.7 Å². The summed E-state index contributed by atoms with van der Waals surface area (Å²) in [5, 5.41) is 14.8. The number of amides is 1. The summed E-state index contributed by atoms with van der Waals surface area (Å²) in [7, 11) is 0. The number of carbonyl (C=O) groups is 2. The smallest absolute Gasteiger partial charge is 0.305 e. The molecule has 0 aliphatic heterocycles. The van der Waals surface area contributed by atoms with Gasteiger partial charge in [0.15, 0.2) is 0 Å². The van der Waals surface area contributed by atoms with Gasteiger partial charge in [-0.2, -0.15) is 0 Å². The number of hydrogen-bond acceptors (Lipinski definition) is 3. The minimum absolute atomic E-state index is 0.0210. The van der Waals surface area contributed by atoms with Crippen LogP contribution in [0.4, 0.5) is 0 Å². The van der Waals surface area contributed by atoms with Crippen molar-refractivity contribution >= 4 is 11.9 Å². The first-order valence-corrected chi connectivity index (χ1v) is 6.73. The maximum Gasteiger partial charge on any atom is 0.305 e. The van der Waals surface area contributed by atoms with Crippen LogP contribution < -0.4 is 10.6 Å². The first-order chi connectivity index (χ1) is 8.49. The van der Waals surface area contributed by atoms with E-state index in [2.05, 4.69) is 10.6 Å². The highest BCUT2D eigenvalue weighted by molar-refractivity contribution is 5.79. The summed E-state index contributed by atoms with van der Waals surface area (Å²) < 4.78 is 0. The van der Waals surface area contributed by atoms with Crippen LogP contribution >= 0.6 is 0 Å². The molecule has 1 fully saturated rings. The fraction of sp³-hybridized carbons (Fsp3) is 0.846. The molecule has 0 aromatic carbocycles. The normalized spacial score (nSPS) is 17.9. The van der Waals surface area contributed by atoms with Crippen LogP contribution in [0.3, 0.4) is 0 Å². The Kier molecular flexibility index (Phi) is 6.12. The van der Waals surface area contributed by atoms with Crippen LogP contribution in [0.15, 0.2) is 0 Å². The van der Waals surface area contributed by atoms with Crippen molar-refractivity contribution in [1.82, 2.24) is 10.6 Å². The zero-order valence-electron chi connectivity index (χ0n) is 11.2. The minimum Gasteiger partial charge on any atom is -0.481 e. The highest BCUT2D eigenvalue weighted by Gasteiger charge is 2.20. The van der Waals surface area contributed by atoms with Crippen molar-refractivity contribution in [1.29, 1.82) is 0 Å². The molecule has 1 aliphatic carbocycles. The lowest BCUT2D eigenvalue weighted by atomic mass is 10.0. The Morgan fingerprint density at radius 1 is 1.28 bits per heavy atom. The second kappa shape index (κ2) is 7.36. The molecule has 3 N–H and O–H groups in total. The van der Waals surface area contributed by atoms with E-state index in [0.717, 1.165) is 12.8 Å². The van der Waals surface area contributed by atoms with Gasteiger partial charge in [-0.05, 0) is 18.8 Å². The van der Waals surface area contributed by atoms with E-state index in [9.17, 15) is 9.59 Å². The quantitative estimate of drug-likeness (QED) is 0.638. The van der Waals surface area contributed by atoms with E-state index < -0.39 is 5.97 Å². The van der Waals surface area contributed by atoms with Gasteiger partial charge in [0.25, 0.3) is 0 Å². The van der Waals surface area contributed by atoms with Gasteiger partial charge in [0.2, 0.25) is 5.91 Å². The Morgan fingerprint density at radius 3 is 2.39 bits per heavy atom. The van der Waals surface area contributed by atoms with Gasteiger partial charge in [-0.1, -0.05) is 26.7 Å². The lowest BCUT2D eigenvalue weighted by molar-refractivity contribution is -0.138. The molecular weight excluding hydrogens is 232 g/mol. The Morgan fingerprint density at radius 2 is 1.89 bits per heavy atom. The standard InChI is InChI=1S/C13H24N2O3/c1-9(2)11(7-13(17)18)15-12(16)8-14-10-5-3-4-6-10/h9-11,14H,3-8H2,1-2H3,(H,15,16)(H,17,18). The molecule has 1 atom stereocenters. The molecule has 1 aliphatic rings. The third kappa shape index (κ3) is 5.49. The van der Waals surface area contributed by atoms with E-state index in [4.69, 9.17) is 5.11 Å². The zero-order valence-corrected chi connectivity index (χ0v) is 11.2. The second-order valence-electron chi connectivity index (χ2n) is 5.38. The number of nitrogens with one attached hydrogen (secondary N) is 2. The minimum atomic E-state index is -0.877. The van der Waals surface area contributed by atoms with Crippen LogP contribution in [0.5, 0.6) is 0 Å². The fourth-order valence-electron chi connectivity index (χ4n) is 2.27. The van der Waals surface area contributed by atoms with Crippen molar-refractivity contribution in [3.05, 3.63) is 0 Å². The Labute approximate surface area is 108 Å². The van der Waals surface area contributed by atoms with E-state index in [-0.39, 0.29) is 30.8 Å². The summed E-state index contributed by atoms with van der Waals surface area (Å²) in [5.41, 5.74) is 0. The van der Waals surface area contributed by atoms with Crippen molar-refractivity contribution in [2.45, 2.75) is 58.0 Å². The maximum atomic E-state index is 11.7. The van der Waals surface area contributed by atoms with Crippen LogP contribution in [-0.4, -0.2) is 35.6 Å². The lowest BCUT2D eigenvalue weighted by Gasteiger charge is -2.21. The molecule has 18 heavy (non-hydrogen) atoms. The van der Waals surface area contributed by atoms with Crippen molar-refractivity contribution < 1.29 is 14.7 Å². The average molecular weight is 256 g/mol. The molecule has 1 saturated carbocycles. The molecular formula is C13H24N2O3. The van der Waals surface area contributed by atoms with Crippen molar-refractivity contribution in [3.8, 4) is 0 Å². The number of carboxylic acid groups (broad SMARTS) is 1. The topological polar surface area (TPSA) is 78.4 Å². The molecule has 0 spiro atoms. The Hall–Kier alpha value is -1.10. The van der Waals surface area contributed by atoms with Crippen LogP contribution in [0.25, 0.3) is 0 Å². The van der Waals surface area contributed by atoms with Crippen LogP contribution in [0.1, 0.15) is 46.0 Å². The van der Waals surface area contributed by atoms with Gasteiger partial charge in [0.1, 0.15) is 0 Å². The molecule has 0 saturated heterocycles. The Bertz CT molecular complexity index is 286. The van der Waals surface area contributed by atoms with Crippen molar-refractivity contribution in [2.75, 3.05) is 6.54 Å². The molecule has 0 aromatic rings. The summed E-state index contributed by atoms with van der Waals surface area (Å²) in [6.07, 6.45) is 4.71. The fourth-order valence-corrected chi connectivity index (χ4v) is 2.27. The van der Waals surface area contributed by atoms with Gasteiger partial charge in [-0.15, -0.1) is 0 Å². The van der Waals surface area contributed by atoms with E-state index >= 15 is 0 Å². The lowest BCUT2D eigenvalue weighted by Crippen LogP contribution is -2.45. The summed E-state index contributed by atoms with van der Waals surface area (Å²) in [6, 6.07) is 0.160. The van der Waals surface area contributed by atoms with Crippen LogP contribution in [0, 0.1) is 5.92 Å². The monoisotopic (exact) mass is 256 g/mol. The average Bonchev–Trinajstić information content (AvgIpc) is 2.77. The van der Waals surface area contributed by atoms with Crippen molar-refractivity contribution in [3.63, 3.8) is 0 Å². The molecule has 1 rings (SSSR count). The first kappa shape index (κ1) is 15.0. The molecule has 0 heterocycles. The zero-order chi connectivity index (χ0) is 13.5. The van der Waals surface area contributed by atoms with Gasteiger partial charge >= 0.3 is 5.97 Å². The third-order valence-electron chi connectivity index (χ3n) is 3.45. The number of hydrogen-bond donors (Lipinski definition) is 3. The first-order valence-electron chi connectivity index (χ1n) is 6.73. The predicted molar refractivity (Wildman–Crippen MR) is 69.3 cm³/mol. The molecule has 0 radical (unpaired) electrons. The van der Waals surface area contributed by atoms with E-state index in [1.165, 1.54) is 12.8 Å². The summed E-state index contributed by atoms with van der Waals surface area (Å²) in [6.45, 7) is 4.12. The molecule has 1 unspecified atom stereocenters. The highest BCUT2D eigenvalue weighted by Crippen LogP contribution is 2.17. The number of carboxylic acids is 1. The van der Waals surface area contributed by atoms with Crippen LogP contribution in [0.2, 0.25) is 0 Å². The van der Waals surface area contributed by atoms with Gasteiger partial charge in [0.05, 0.1) is 13.0 Å². The van der Waals surface area contributed by atoms with Gasteiger partial charge in [-0.3, -0.25) is 9.59 Å². The third-order valence-corrected chi connectivity index (χ3v) is 3.45. The largest absolute Gasteiger partial charge is 0.481 e. The summed E-state index contributed by atoms with van der Waals surface area (Å²) in [4.78, 5) is 22.4. The maximum absolute atomic E-state index is 11.7. The van der Waals surface area contributed by atoms with E-state index in [1.54, 1.807) is 0 Å². The molecule has 5 nitrogen and oxygen atoms in total. The number of aliphatic carboxylic acids is 1. The molecule has 1 amide bonds. The SMILES string of the molecule is CC(C)C(CC(=O)O)NC(=O)CNC1CCCC1. The summed E-state index contributed by atoms with van der Waals surface area (Å²) in [5.74, 6) is -0.865. The van der Waals surface area contributed by atoms with E-state index in [0.29, 0.717) is 6.04 Å².